The molecule has 126 valence electrons. The van der Waals surface area contributed by atoms with Gasteiger partial charge in [-0.1, -0.05) is 23.7 Å². The molecule has 0 radical (unpaired) electrons. The van der Waals surface area contributed by atoms with Crippen molar-refractivity contribution in [3.63, 3.8) is 0 Å². The van der Waals surface area contributed by atoms with Crippen molar-refractivity contribution in [3.8, 4) is 0 Å². The monoisotopic (exact) mass is 346 g/mol. The Balaban J connectivity index is 1.56. The van der Waals surface area contributed by atoms with E-state index in [1.54, 1.807) is 18.2 Å². The van der Waals surface area contributed by atoms with Crippen LogP contribution in [0.4, 0.5) is 15.8 Å². The molecule has 0 bridgehead atoms. The molecule has 2 aromatic rings. The van der Waals surface area contributed by atoms with Gasteiger partial charge in [-0.25, -0.2) is 4.39 Å². The smallest absolute Gasteiger partial charge is 0.224 e. The van der Waals surface area contributed by atoms with Crippen molar-refractivity contribution < 1.29 is 9.18 Å². The van der Waals surface area contributed by atoms with Gasteiger partial charge in [0, 0.05) is 25.2 Å². The molecule has 1 amide bonds. The molecule has 1 aliphatic rings. The number of rotatable bonds is 5. The van der Waals surface area contributed by atoms with E-state index in [4.69, 9.17) is 11.6 Å². The summed E-state index contributed by atoms with van der Waals surface area (Å²) in [7, 11) is 0. The van der Waals surface area contributed by atoms with E-state index in [0.717, 1.165) is 24.3 Å². The average Bonchev–Trinajstić information content (AvgIpc) is 3.09. The zero-order valence-corrected chi connectivity index (χ0v) is 14.2. The number of aryl methyl sites for hydroxylation is 1. The van der Waals surface area contributed by atoms with Crippen molar-refractivity contribution in [2.24, 2.45) is 0 Å². The second-order valence-corrected chi connectivity index (χ2v) is 6.44. The predicted octanol–water partition coefficient (Wildman–Crippen LogP) is 4.65. The van der Waals surface area contributed by atoms with Gasteiger partial charge < -0.3 is 10.2 Å². The van der Waals surface area contributed by atoms with Crippen LogP contribution in [-0.4, -0.2) is 19.0 Å². The first-order valence-corrected chi connectivity index (χ1v) is 8.58. The number of hydrogen-bond donors (Lipinski definition) is 1. The molecule has 0 aliphatic carbocycles. The predicted molar refractivity (Wildman–Crippen MR) is 96.2 cm³/mol. The van der Waals surface area contributed by atoms with E-state index >= 15 is 0 Å². The summed E-state index contributed by atoms with van der Waals surface area (Å²) in [6.07, 6.45) is 3.30. The Morgan fingerprint density at radius 3 is 2.50 bits per heavy atom. The van der Waals surface area contributed by atoms with Crippen LogP contribution < -0.4 is 10.2 Å². The van der Waals surface area contributed by atoms with E-state index in [1.807, 2.05) is 12.1 Å². The van der Waals surface area contributed by atoms with Crippen LogP contribution >= 0.6 is 11.6 Å². The van der Waals surface area contributed by atoms with E-state index < -0.39 is 0 Å². The molecule has 0 aromatic heterocycles. The Morgan fingerprint density at radius 2 is 1.83 bits per heavy atom. The zero-order chi connectivity index (χ0) is 16.9. The molecule has 1 N–H and O–H groups in total. The maximum atomic E-state index is 12.9. The number of carbonyl (C=O) groups is 1. The highest BCUT2D eigenvalue weighted by molar-refractivity contribution is 6.33. The van der Waals surface area contributed by atoms with Gasteiger partial charge in [-0.15, -0.1) is 0 Å². The molecule has 0 unspecified atom stereocenters. The number of halogens is 2. The lowest BCUT2D eigenvalue weighted by molar-refractivity contribution is -0.116. The zero-order valence-electron chi connectivity index (χ0n) is 13.4. The van der Waals surface area contributed by atoms with Crippen LogP contribution in [0.25, 0.3) is 0 Å². The van der Waals surface area contributed by atoms with Gasteiger partial charge in [-0.2, -0.15) is 0 Å². The maximum Gasteiger partial charge on any atom is 0.224 e. The normalized spacial score (nSPS) is 14.0. The number of nitrogens with zero attached hydrogens (tertiary/aromatic N) is 1. The molecule has 1 heterocycles. The van der Waals surface area contributed by atoms with Crippen molar-refractivity contribution >= 4 is 28.9 Å². The lowest BCUT2D eigenvalue weighted by Crippen LogP contribution is -2.18. The SMILES string of the molecule is O=C(CCc1ccc(F)cc1)Nc1ccc(N2CCCC2)c(Cl)c1. The summed E-state index contributed by atoms with van der Waals surface area (Å²) >= 11 is 6.35. The highest BCUT2D eigenvalue weighted by atomic mass is 35.5. The second-order valence-electron chi connectivity index (χ2n) is 6.03. The molecule has 1 fully saturated rings. The van der Waals surface area contributed by atoms with Gasteiger partial charge in [-0.05, 0) is 55.2 Å². The summed E-state index contributed by atoms with van der Waals surface area (Å²) in [6.45, 7) is 2.06. The first-order valence-electron chi connectivity index (χ1n) is 8.20. The largest absolute Gasteiger partial charge is 0.370 e. The third-order valence-corrected chi connectivity index (χ3v) is 4.53. The van der Waals surface area contributed by atoms with Crippen molar-refractivity contribution in [2.45, 2.75) is 25.7 Å². The molecule has 3 rings (SSSR count). The minimum atomic E-state index is -0.268. The lowest BCUT2D eigenvalue weighted by Gasteiger charge is -2.19. The summed E-state index contributed by atoms with van der Waals surface area (Å²) in [4.78, 5) is 14.3. The number of nitrogens with one attached hydrogen (secondary N) is 1. The van der Waals surface area contributed by atoms with E-state index in [0.29, 0.717) is 23.6 Å². The fourth-order valence-corrected chi connectivity index (χ4v) is 3.23. The molecule has 0 atom stereocenters. The quantitative estimate of drug-likeness (QED) is 0.854. The van der Waals surface area contributed by atoms with Gasteiger partial charge in [-0.3, -0.25) is 4.79 Å². The minimum absolute atomic E-state index is 0.0793. The molecule has 5 heteroatoms. The summed E-state index contributed by atoms with van der Waals surface area (Å²) in [6, 6.07) is 11.9. The number of benzene rings is 2. The molecular weight excluding hydrogens is 327 g/mol. The summed E-state index contributed by atoms with van der Waals surface area (Å²) in [5, 5.41) is 3.53. The van der Waals surface area contributed by atoms with Gasteiger partial charge in [0.15, 0.2) is 0 Å². The van der Waals surface area contributed by atoms with E-state index in [1.165, 1.54) is 25.0 Å². The van der Waals surface area contributed by atoms with E-state index in [-0.39, 0.29) is 11.7 Å². The summed E-state index contributed by atoms with van der Waals surface area (Å²) in [5.74, 6) is -0.347. The third kappa shape index (κ3) is 4.26. The van der Waals surface area contributed by atoms with Crippen LogP contribution in [0.5, 0.6) is 0 Å². The van der Waals surface area contributed by atoms with Gasteiger partial charge in [0.05, 0.1) is 10.7 Å². The van der Waals surface area contributed by atoms with Gasteiger partial charge >= 0.3 is 0 Å². The molecular formula is C19H20ClFN2O. The minimum Gasteiger partial charge on any atom is -0.370 e. The lowest BCUT2D eigenvalue weighted by atomic mass is 10.1. The molecule has 1 saturated heterocycles. The molecule has 0 saturated carbocycles. The first-order chi connectivity index (χ1) is 11.6. The maximum absolute atomic E-state index is 12.9. The Kier molecular flexibility index (Phi) is 5.36. The standard InChI is InChI=1S/C19H20ClFN2O/c20-17-13-16(8-9-18(17)23-11-1-2-12-23)22-19(24)10-5-14-3-6-15(21)7-4-14/h3-4,6-9,13H,1-2,5,10-12H2,(H,22,24). The molecule has 1 aliphatic heterocycles. The van der Waals surface area contributed by atoms with Crippen molar-refractivity contribution in [1.82, 2.24) is 0 Å². The number of amides is 1. The van der Waals surface area contributed by atoms with Crippen molar-refractivity contribution in [3.05, 3.63) is 58.9 Å². The van der Waals surface area contributed by atoms with Crippen LogP contribution in [-0.2, 0) is 11.2 Å². The number of hydrogen-bond acceptors (Lipinski definition) is 2. The van der Waals surface area contributed by atoms with Crippen LogP contribution in [0.2, 0.25) is 5.02 Å². The second kappa shape index (κ2) is 7.67. The number of carbonyl (C=O) groups excluding carboxylic acids is 1. The topological polar surface area (TPSA) is 32.3 Å². The summed E-state index contributed by atoms with van der Waals surface area (Å²) in [5.41, 5.74) is 2.67. The third-order valence-electron chi connectivity index (χ3n) is 4.23. The molecule has 2 aromatic carbocycles. The molecule has 3 nitrogen and oxygen atoms in total. The van der Waals surface area contributed by atoms with Crippen LogP contribution in [0.15, 0.2) is 42.5 Å². The Morgan fingerprint density at radius 1 is 1.12 bits per heavy atom. The van der Waals surface area contributed by atoms with Gasteiger partial charge in [0.1, 0.15) is 5.82 Å². The van der Waals surface area contributed by atoms with Crippen LogP contribution in [0.3, 0.4) is 0 Å². The first kappa shape index (κ1) is 16.8. The fourth-order valence-electron chi connectivity index (χ4n) is 2.93. The van der Waals surface area contributed by atoms with Crippen molar-refractivity contribution in [2.75, 3.05) is 23.3 Å². The highest BCUT2D eigenvalue weighted by Gasteiger charge is 2.15. The Labute approximate surface area is 146 Å². The Hall–Kier alpha value is -2.07. The number of anilines is 2. The molecule has 24 heavy (non-hydrogen) atoms. The molecule has 0 spiro atoms. The van der Waals surface area contributed by atoms with E-state index in [9.17, 15) is 9.18 Å². The van der Waals surface area contributed by atoms with Crippen LogP contribution in [0.1, 0.15) is 24.8 Å². The van der Waals surface area contributed by atoms with Gasteiger partial charge in [0.25, 0.3) is 0 Å². The van der Waals surface area contributed by atoms with Gasteiger partial charge in [0.2, 0.25) is 5.91 Å². The Bertz CT molecular complexity index is 712. The summed E-state index contributed by atoms with van der Waals surface area (Å²) < 4.78 is 12.9. The average molecular weight is 347 g/mol. The van der Waals surface area contributed by atoms with E-state index in [2.05, 4.69) is 10.2 Å². The highest BCUT2D eigenvalue weighted by Crippen LogP contribution is 2.31. The van der Waals surface area contributed by atoms with Crippen LogP contribution in [0, 0.1) is 5.82 Å². The fraction of sp³-hybridized carbons (Fsp3) is 0.316. The van der Waals surface area contributed by atoms with Crippen molar-refractivity contribution in [1.29, 1.82) is 0 Å².